The van der Waals surface area contributed by atoms with Crippen LogP contribution in [-0.4, -0.2) is 43.1 Å². The lowest BCUT2D eigenvalue weighted by Gasteiger charge is -2.22. The van der Waals surface area contributed by atoms with E-state index in [4.69, 9.17) is 4.74 Å². The number of ether oxygens (including phenoxy) is 1. The second-order valence-corrected chi connectivity index (χ2v) is 11.7. The maximum atomic E-state index is 13.8. The number of carbonyl (C=O) groups excluding carboxylic acids is 1. The first kappa shape index (κ1) is 29.3. The Bertz CT molecular complexity index is 1680. The van der Waals surface area contributed by atoms with Gasteiger partial charge in [0, 0.05) is 7.05 Å². The number of hydrogen-bond acceptors (Lipinski definition) is 6. The van der Waals surface area contributed by atoms with Crippen molar-refractivity contribution in [3.63, 3.8) is 0 Å². The molecule has 0 fully saturated rings. The molecular weight excluding hydrogens is 542 g/mol. The van der Waals surface area contributed by atoms with Crippen molar-refractivity contribution in [2.75, 3.05) is 17.5 Å². The summed E-state index contributed by atoms with van der Waals surface area (Å²) in [5.41, 5.74) is 3.31. The van der Waals surface area contributed by atoms with Gasteiger partial charge in [-0.05, 0) is 66.9 Å². The Kier molecular flexibility index (Phi) is 9.08. The Morgan fingerprint density at radius 1 is 1.00 bits per heavy atom. The number of sulfonamides is 1. The third-order valence-electron chi connectivity index (χ3n) is 6.26. The van der Waals surface area contributed by atoms with Crippen LogP contribution in [0.1, 0.15) is 25.1 Å². The van der Waals surface area contributed by atoms with E-state index in [1.54, 1.807) is 85.4 Å². The second-order valence-electron chi connectivity index (χ2n) is 9.80. The van der Waals surface area contributed by atoms with Gasteiger partial charge in [0.2, 0.25) is 0 Å². The molecule has 1 aromatic heterocycles. The maximum absolute atomic E-state index is 13.8. The van der Waals surface area contributed by atoms with E-state index < -0.39 is 28.0 Å². The first-order valence-corrected chi connectivity index (χ1v) is 14.5. The van der Waals surface area contributed by atoms with Gasteiger partial charge in [-0.1, -0.05) is 50.2 Å². The lowest BCUT2D eigenvalue weighted by Crippen LogP contribution is -2.42. The Morgan fingerprint density at radius 2 is 1.61 bits per heavy atom. The number of nitrogens with zero attached hydrogens (tertiary/aromatic N) is 4. The van der Waals surface area contributed by atoms with Crippen LogP contribution in [0.25, 0.3) is 5.69 Å². The molecule has 0 aliphatic rings. The summed E-state index contributed by atoms with van der Waals surface area (Å²) in [6, 6.07) is 23.7. The van der Waals surface area contributed by atoms with Crippen LogP contribution in [0.15, 0.2) is 99.7 Å². The molecule has 0 bridgehead atoms. The van der Waals surface area contributed by atoms with Gasteiger partial charge >= 0.3 is 0 Å². The highest BCUT2D eigenvalue weighted by Gasteiger charge is 2.33. The summed E-state index contributed by atoms with van der Waals surface area (Å²) in [7, 11) is -2.64. The minimum absolute atomic E-state index is 0.0509. The predicted molar refractivity (Wildman–Crippen MR) is 159 cm³/mol. The van der Waals surface area contributed by atoms with Crippen LogP contribution in [0.4, 0.5) is 5.69 Å². The van der Waals surface area contributed by atoms with Crippen molar-refractivity contribution >= 4 is 27.8 Å². The van der Waals surface area contributed by atoms with Gasteiger partial charge in [-0.3, -0.25) is 14.3 Å². The number of rotatable bonds is 11. The van der Waals surface area contributed by atoms with E-state index in [1.165, 1.54) is 23.0 Å². The SMILES string of the molecule is Cc1c(N(CC(=O)N/N=C\c2ccc(OCC(C)C)cc2)S(=O)(=O)c2ccccc2)c(=O)n(-c2ccccc2)n1C. The predicted octanol–water partition coefficient (Wildman–Crippen LogP) is 3.86. The molecule has 0 aliphatic heterocycles. The van der Waals surface area contributed by atoms with Crippen LogP contribution in [-0.2, 0) is 21.9 Å². The zero-order chi connectivity index (χ0) is 29.6. The molecule has 0 radical (unpaired) electrons. The third kappa shape index (κ3) is 6.75. The lowest BCUT2D eigenvalue weighted by atomic mass is 10.2. The van der Waals surface area contributed by atoms with Gasteiger partial charge in [-0.25, -0.2) is 22.8 Å². The zero-order valence-corrected chi connectivity index (χ0v) is 24.2. The maximum Gasteiger partial charge on any atom is 0.296 e. The van der Waals surface area contributed by atoms with Crippen molar-refractivity contribution in [1.82, 2.24) is 14.8 Å². The smallest absolute Gasteiger partial charge is 0.296 e. The zero-order valence-electron chi connectivity index (χ0n) is 23.4. The Balaban J connectivity index is 1.62. The number of para-hydroxylation sites is 1. The molecule has 1 amide bonds. The highest BCUT2D eigenvalue weighted by atomic mass is 32.2. The molecular formula is C30H33N5O5S. The summed E-state index contributed by atoms with van der Waals surface area (Å²) >= 11 is 0. The molecule has 1 N–H and O–H groups in total. The Morgan fingerprint density at radius 3 is 2.22 bits per heavy atom. The minimum atomic E-state index is -4.29. The van der Waals surface area contributed by atoms with Gasteiger partial charge in [-0.15, -0.1) is 0 Å². The van der Waals surface area contributed by atoms with Crippen LogP contribution < -0.4 is 20.0 Å². The molecule has 1 heterocycles. The standard InChI is InChI=1S/C30H33N5O5S/c1-22(2)21-40-26-17-15-24(16-18-26)19-31-32-28(36)20-34(41(38,39)27-13-9-6-10-14-27)29-23(3)33(4)35(30(29)37)25-11-7-5-8-12-25/h5-19,22H,20-21H2,1-4H3,(H,32,36)/b31-19-. The Labute approximate surface area is 239 Å². The number of carbonyl (C=O) groups is 1. The van der Waals surface area contributed by atoms with Gasteiger partial charge < -0.3 is 4.74 Å². The van der Waals surface area contributed by atoms with Crippen molar-refractivity contribution < 1.29 is 17.9 Å². The number of hydrogen-bond donors (Lipinski definition) is 1. The van der Waals surface area contributed by atoms with E-state index in [-0.39, 0.29) is 10.6 Å². The average molecular weight is 576 g/mol. The number of nitrogens with one attached hydrogen (secondary N) is 1. The topological polar surface area (TPSA) is 115 Å². The summed E-state index contributed by atoms with van der Waals surface area (Å²) in [4.78, 5) is 26.7. The summed E-state index contributed by atoms with van der Waals surface area (Å²) in [6.45, 7) is 5.70. The number of benzene rings is 3. The molecule has 0 saturated heterocycles. The third-order valence-corrected chi connectivity index (χ3v) is 8.02. The fraction of sp³-hybridized carbons (Fsp3) is 0.233. The van der Waals surface area contributed by atoms with Gasteiger partial charge in [0.1, 0.15) is 18.0 Å². The summed E-state index contributed by atoms with van der Waals surface area (Å²) in [5.74, 6) is 0.408. The first-order chi connectivity index (χ1) is 19.6. The fourth-order valence-corrected chi connectivity index (χ4v) is 5.60. The van der Waals surface area contributed by atoms with Gasteiger partial charge in [0.15, 0.2) is 0 Å². The highest BCUT2D eigenvalue weighted by molar-refractivity contribution is 7.92. The molecule has 0 saturated carbocycles. The van der Waals surface area contributed by atoms with Crippen molar-refractivity contribution in [3.8, 4) is 11.4 Å². The molecule has 4 rings (SSSR count). The van der Waals surface area contributed by atoms with E-state index in [1.807, 2.05) is 6.07 Å². The first-order valence-electron chi connectivity index (χ1n) is 13.1. The van der Waals surface area contributed by atoms with E-state index in [2.05, 4.69) is 24.4 Å². The van der Waals surface area contributed by atoms with Crippen molar-refractivity contribution in [1.29, 1.82) is 0 Å². The van der Waals surface area contributed by atoms with Crippen LogP contribution in [0.2, 0.25) is 0 Å². The molecule has 11 heteroatoms. The molecule has 41 heavy (non-hydrogen) atoms. The molecule has 4 aromatic rings. The molecule has 10 nitrogen and oxygen atoms in total. The average Bonchev–Trinajstić information content (AvgIpc) is 3.19. The van der Waals surface area contributed by atoms with Crippen molar-refractivity contribution in [2.45, 2.75) is 25.7 Å². The van der Waals surface area contributed by atoms with E-state index in [9.17, 15) is 18.0 Å². The summed E-state index contributed by atoms with van der Waals surface area (Å²) < 4.78 is 37.0. The van der Waals surface area contributed by atoms with Gasteiger partial charge in [0.25, 0.3) is 21.5 Å². The lowest BCUT2D eigenvalue weighted by molar-refractivity contribution is -0.119. The van der Waals surface area contributed by atoms with Crippen LogP contribution in [0.5, 0.6) is 5.75 Å². The number of amides is 1. The van der Waals surface area contributed by atoms with Crippen LogP contribution >= 0.6 is 0 Å². The molecule has 0 atom stereocenters. The largest absolute Gasteiger partial charge is 0.493 e. The molecule has 214 valence electrons. The van der Waals surface area contributed by atoms with Crippen LogP contribution in [0.3, 0.4) is 0 Å². The second kappa shape index (κ2) is 12.7. The molecule has 0 spiro atoms. The van der Waals surface area contributed by atoms with Crippen molar-refractivity contribution in [2.24, 2.45) is 18.1 Å². The highest BCUT2D eigenvalue weighted by Crippen LogP contribution is 2.25. The van der Waals surface area contributed by atoms with Gasteiger partial charge in [0.05, 0.1) is 29.1 Å². The fourth-order valence-electron chi connectivity index (χ4n) is 4.10. The van der Waals surface area contributed by atoms with Crippen molar-refractivity contribution in [3.05, 3.63) is 107 Å². The monoisotopic (exact) mass is 575 g/mol. The van der Waals surface area contributed by atoms with Crippen LogP contribution in [0, 0.1) is 12.8 Å². The summed E-state index contributed by atoms with van der Waals surface area (Å²) in [5, 5.41) is 3.99. The number of anilines is 1. The Hall–Kier alpha value is -4.64. The van der Waals surface area contributed by atoms with E-state index in [0.29, 0.717) is 29.5 Å². The number of aromatic nitrogens is 2. The quantitative estimate of drug-likeness (QED) is 0.215. The van der Waals surface area contributed by atoms with E-state index in [0.717, 1.165) is 10.1 Å². The normalized spacial score (nSPS) is 11.6. The number of hydrazone groups is 1. The summed E-state index contributed by atoms with van der Waals surface area (Å²) in [6.07, 6.45) is 1.44. The minimum Gasteiger partial charge on any atom is -0.493 e. The molecule has 0 aliphatic carbocycles. The molecule has 3 aromatic carbocycles. The van der Waals surface area contributed by atoms with E-state index >= 15 is 0 Å². The van der Waals surface area contributed by atoms with Gasteiger partial charge in [-0.2, -0.15) is 5.10 Å². The molecule has 0 unspecified atom stereocenters.